The molecule has 18 heavy (non-hydrogen) atoms. The van der Waals surface area contributed by atoms with Crippen LogP contribution in [0.15, 0.2) is 0 Å². The summed E-state index contributed by atoms with van der Waals surface area (Å²) in [6, 6.07) is 0. The summed E-state index contributed by atoms with van der Waals surface area (Å²) in [7, 11) is 0. The molecule has 5 N–H and O–H groups in total. The van der Waals surface area contributed by atoms with E-state index in [0.717, 1.165) is 45.4 Å². The van der Waals surface area contributed by atoms with Gasteiger partial charge in [0.1, 0.15) is 0 Å². The number of carbonyl (C=O) groups excluding carboxylic acids is 1. The normalized spacial score (nSPS) is 10.6. The van der Waals surface area contributed by atoms with Gasteiger partial charge in [0, 0.05) is 45.7 Å². The maximum atomic E-state index is 11.2. The van der Waals surface area contributed by atoms with Crippen LogP contribution in [-0.4, -0.2) is 45.2 Å². The fourth-order valence-corrected chi connectivity index (χ4v) is 1.37. The van der Waals surface area contributed by atoms with E-state index < -0.39 is 0 Å². The van der Waals surface area contributed by atoms with Gasteiger partial charge in [-0.1, -0.05) is 19.8 Å². The van der Waals surface area contributed by atoms with Gasteiger partial charge in [-0.25, -0.2) is 0 Å². The molecule has 0 saturated carbocycles. The van der Waals surface area contributed by atoms with Gasteiger partial charge in [-0.05, 0) is 6.42 Å². The third-order valence-electron chi connectivity index (χ3n) is 2.37. The molecule has 0 aliphatic rings. The second-order valence-electron chi connectivity index (χ2n) is 4.11. The van der Waals surface area contributed by atoms with Gasteiger partial charge in [-0.15, -0.1) is 0 Å². The molecule has 0 aromatic rings. The Morgan fingerprint density at radius 3 is 2.39 bits per heavy atom. The summed E-state index contributed by atoms with van der Waals surface area (Å²) in [6.45, 7) is 6.78. The molecule has 0 saturated heterocycles. The van der Waals surface area contributed by atoms with Crippen LogP contribution >= 0.6 is 0 Å². The van der Waals surface area contributed by atoms with Gasteiger partial charge in [-0.2, -0.15) is 5.48 Å². The van der Waals surface area contributed by atoms with E-state index in [1.807, 2.05) is 0 Å². The van der Waals surface area contributed by atoms with Gasteiger partial charge in [-0.3, -0.25) is 4.79 Å². The predicted octanol–water partition coefficient (Wildman–Crippen LogP) is -0.248. The highest BCUT2D eigenvalue weighted by atomic mass is 16.7. The zero-order valence-corrected chi connectivity index (χ0v) is 11.5. The summed E-state index contributed by atoms with van der Waals surface area (Å²) < 4.78 is 0. The van der Waals surface area contributed by atoms with E-state index >= 15 is 0 Å². The zero-order valence-electron chi connectivity index (χ0n) is 11.5. The maximum Gasteiger partial charge on any atom is 0.324 e. The molecule has 0 aromatic heterocycles. The number of hydroxylamine groups is 1. The number of rotatable bonds is 13. The molecule has 0 heterocycles. The van der Waals surface area contributed by atoms with Crippen molar-refractivity contribution < 1.29 is 9.63 Å². The molecular formula is C12H28N4O2. The van der Waals surface area contributed by atoms with Crippen LogP contribution in [0.4, 0.5) is 0 Å². The van der Waals surface area contributed by atoms with Crippen LogP contribution < -0.4 is 21.8 Å². The highest BCUT2D eigenvalue weighted by molar-refractivity contribution is 5.68. The van der Waals surface area contributed by atoms with E-state index in [4.69, 9.17) is 10.6 Å². The molecule has 0 atom stereocenters. The predicted molar refractivity (Wildman–Crippen MR) is 73.0 cm³/mol. The Labute approximate surface area is 110 Å². The standard InChI is InChI=1S/C12H28N4O2/c1-2-3-4-5-12(17)18-16-11-10-15-9-8-14-7-6-13/h14-16H,2-11,13H2,1H3. The largest absolute Gasteiger partial charge is 0.371 e. The molecule has 0 aliphatic carbocycles. The molecule has 0 amide bonds. The summed E-state index contributed by atoms with van der Waals surface area (Å²) in [5, 5.41) is 6.39. The number of unbranched alkanes of at least 4 members (excludes halogenated alkanes) is 2. The Hall–Kier alpha value is -0.690. The van der Waals surface area contributed by atoms with Crippen molar-refractivity contribution in [3.63, 3.8) is 0 Å². The quantitative estimate of drug-likeness (QED) is 0.270. The van der Waals surface area contributed by atoms with E-state index in [1.165, 1.54) is 0 Å². The molecule has 0 aromatic carbocycles. The third kappa shape index (κ3) is 13.4. The molecule has 0 rings (SSSR count). The molecule has 0 spiro atoms. The zero-order chi connectivity index (χ0) is 13.5. The van der Waals surface area contributed by atoms with E-state index in [0.29, 0.717) is 19.5 Å². The Morgan fingerprint density at radius 1 is 1.06 bits per heavy atom. The monoisotopic (exact) mass is 260 g/mol. The lowest BCUT2D eigenvalue weighted by atomic mass is 10.2. The Balaban J connectivity index is 3.08. The highest BCUT2D eigenvalue weighted by Gasteiger charge is 2.01. The number of carbonyl (C=O) groups is 1. The summed E-state index contributed by atoms with van der Waals surface area (Å²) in [5.41, 5.74) is 8.00. The third-order valence-corrected chi connectivity index (χ3v) is 2.37. The molecule has 0 unspecified atom stereocenters. The van der Waals surface area contributed by atoms with E-state index in [9.17, 15) is 4.79 Å². The number of nitrogens with two attached hydrogens (primary N) is 1. The topological polar surface area (TPSA) is 88.4 Å². The van der Waals surface area contributed by atoms with E-state index in [2.05, 4.69) is 23.0 Å². The molecule has 0 radical (unpaired) electrons. The highest BCUT2D eigenvalue weighted by Crippen LogP contribution is 1.99. The number of nitrogens with one attached hydrogen (secondary N) is 3. The maximum absolute atomic E-state index is 11.2. The van der Waals surface area contributed by atoms with Gasteiger partial charge in [0.25, 0.3) is 0 Å². The van der Waals surface area contributed by atoms with Crippen molar-refractivity contribution in [1.82, 2.24) is 16.1 Å². The van der Waals surface area contributed by atoms with Gasteiger partial charge < -0.3 is 21.2 Å². The smallest absolute Gasteiger partial charge is 0.324 e. The second-order valence-corrected chi connectivity index (χ2v) is 4.11. The molecule has 0 bridgehead atoms. The van der Waals surface area contributed by atoms with Crippen LogP contribution in [0.5, 0.6) is 0 Å². The van der Waals surface area contributed by atoms with Crippen molar-refractivity contribution in [1.29, 1.82) is 0 Å². The van der Waals surface area contributed by atoms with Gasteiger partial charge in [0.2, 0.25) is 0 Å². The van der Waals surface area contributed by atoms with Crippen molar-refractivity contribution >= 4 is 5.97 Å². The van der Waals surface area contributed by atoms with Crippen molar-refractivity contribution in [3.05, 3.63) is 0 Å². The lowest BCUT2D eigenvalue weighted by Gasteiger charge is -2.07. The minimum atomic E-state index is -0.173. The Bertz CT molecular complexity index is 191. The average molecular weight is 260 g/mol. The van der Waals surface area contributed by atoms with Crippen molar-refractivity contribution in [2.75, 3.05) is 39.3 Å². The van der Waals surface area contributed by atoms with Gasteiger partial charge in [0.15, 0.2) is 0 Å². The van der Waals surface area contributed by atoms with Gasteiger partial charge >= 0.3 is 5.97 Å². The summed E-state index contributed by atoms with van der Waals surface area (Å²) in [6.07, 6.45) is 3.59. The van der Waals surface area contributed by atoms with E-state index in [1.54, 1.807) is 0 Å². The summed E-state index contributed by atoms with van der Waals surface area (Å²) in [5.74, 6) is -0.173. The average Bonchev–Trinajstić information content (AvgIpc) is 2.37. The van der Waals surface area contributed by atoms with Crippen LogP contribution in [0.25, 0.3) is 0 Å². The first-order valence-electron chi connectivity index (χ1n) is 6.85. The molecule has 6 nitrogen and oxygen atoms in total. The van der Waals surface area contributed by atoms with Crippen LogP contribution in [0, 0.1) is 0 Å². The molecule has 0 aliphatic heterocycles. The SMILES string of the molecule is CCCCCC(=O)ONCCNCCNCCN. The number of hydrogen-bond donors (Lipinski definition) is 4. The molecule has 6 heteroatoms. The fraction of sp³-hybridized carbons (Fsp3) is 0.917. The van der Waals surface area contributed by atoms with Crippen LogP contribution in [0.3, 0.4) is 0 Å². The Morgan fingerprint density at radius 2 is 1.72 bits per heavy atom. The van der Waals surface area contributed by atoms with Crippen LogP contribution in [-0.2, 0) is 9.63 Å². The number of hydrogen-bond acceptors (Lipinski definition) is 6. The summed E-state index contributed by atoms with van der Waals surface area (Å²) in [4.78, 5) is 16.1. The van der Waals surface area contributed by atoms with Gasteiger partial charge in [0.05, 0.1) is 0 Å². The van der Waals surface area contributed by atoms with Crippen molar-refractivity contribution in [3.8, 4) is 0 Å². The second kappa shape index (κ2) is 14.4. The van der Waals surface area contributed by atoms with Crippen molar-refractivity contribution in [2.45, 2.75) is 32.6 Å². The molecule has 0 fully saturated rings. The van der Waals surface area contributed by atoms with Crippen LogP contribution in [0.1, 0.15) is 32.6 Å². The lowest BCUT2D eigenvalue weighted by molar-refractivity contribution is -0.151. The van der Waals surface area contributed by atoms with Crippen molar-refractivity contribution in [2.24, 2.45) is 5.73 Å². The first-order valence-corrected chi connectivity index (χ1v) is 6.85. The minimum Gasteiger partial charge on any atom is -0.371 e. The Kier molecular flexibility index (Phi) is 13.8. The lowest BCUT2D eigenvalue weighted by Crippen LogP contribution is -2.34. The first-order chi connectivity index (χ1) is 8.81. The fourth-order valence-electron chi connectivity index (χ4n) is 1.37. The van der Waals surface area contributed by atoms with E-state index in [-0.39, 0.29) is 5.97 Å². The molecule has 108 valence electrons. The summed E-state index contributed by atoms with van der Waals surface area (Å²) >= 11 is 0. The molecular weight excluding hydrogens is 232 g/mol. The minimum absolute atomic E-state index is 0.173. The van der Waals surface area contributed by atoms with Crippen LogP contribution in [0.2, 0.25) is 0 Å². The first kappa shape index (κ1) is 17.3.